The van der Waals surface area contributed by atoms with Gasteiger partial charge < -0.3 is 15.4 Å². The molecule has 1 aliphatic rings. The predicted molar refractivity (Wildman–Crippen MR) is 80.0 cm³/mol. The molecule has 3 N–H and O–H groups in total. The Morgan fingerprint density at radius 1 is 1.62 bits per heavy atom. The van der Waals surface area contributed by atoms with Crippen molar-refractivity contribution >= 4 is 23.8 Å². The smallest absolute Gasteiger partial charge is 0.327 e. The molecule has 21 heavy (non-hydrogen) atoms. The number of hydrogen-bond acceptors (Lipinski definition) is 4. The Hall–Kier alpha value is -1.70. The minimum absolute atomic E-state index is 0.0988. The number of nitrogens with one attached hydrogen (secondary N) is 2. The van der Waals surface area contributed by atoms with Crippen molar-refractivity contribution in [3.63, 3.8) is 0 Å². The fraction of sp³-hybridized carbons (Fsp3) is 0.615. The highest BCUT2D eigenvalue weighted by Crippen LogP contribution is 2.33. The van der Waals surface area contributed by atoms with E-state index in [2.05, 4.69) is 15.3 Å². The van der Waals surface area contributed by atoms with Crippen LogP contribution < -0.4 is 5.32 Å². The van der Waals surface area contributed by atoms with E-state index in [0.717, 1.165) is 5.69 Å². The van der Waals surface area contributed by atoms with Crippen LogP contribution in [0, 0.1) is 5.92 Å². The van der Waals surface area contributed by atoms with Crippen LogP contribution in [0.5, 0.6) is 0 Å². The van der Waals surface area contributed by atoms with E-state index < -0.39 is 12.0 Å². The number of imidazole rings is 1. The molecule has 2 unspecified atom stereocenters. The maximum atomic E-state index is 12.3. The second-order valence-corrected chi connectivity index (χ2v) is 6.44. The van der Waals surface area contributed by atoms with Crippen molar-refractivity contribution < 1.29 is 14.7 Å². The van der Waals surface area contributed by atoms with Crippen molar-refractivity contribution in [1.29, 1.82) is 0 Å². The van der Waals surface area contributed by atoms with Gasteiger partial charge in [0.1, 0.15) is 6.04 Å². The minimum atomic E-state index is -0.950. The number of aromatic amines is 1. The SMILES string of the molecule is CC(C)C1SCC(C(=O)O)N1C(=O)NCCc1cnc[nH]1. The van der Waals surface area contributed by atoms with Gasteiger partial charge in [0.2, 0.25) is 0 Å². The first-order valence-corrected chi connectivity index (χ1v) is 7.93. The van der Waals surface area contributed by atoms with Gasteiger partial charge in [-0.05, 0) is 5.92 Å². The van der Waals surface area contributed by atoms with Crippen LogP contribution in [0.2, 0.25) is 0 Å². The lowest BCUT2D eigenvalue weighted by Gasteiger charge is -2.29. The molecule has 8 heteroatoms. The van der Waals surface area contributed by atoms with Gasteiger partial charge >= 0.3 is 12.0 Å². The third-order valence-electron chi connectivity index (χ3n) is 3.35. The molecule has 0 saturated carbocycles. The second-order valence-electron chi connectivity index (χ2n) is 5.29. The first-order chi connectivity index (χ1) is 10.0. The number of amides is 2. The summed E-state index contributed by atoms with van der Waals surface area (Å²) in [4.78, 5) is 31.9. The topological polar surface area (TPSA) is 98.3 Å². The first kappa shape index (κ1) is 15.7. The summed E-state index contributed by atoms with van der Waals surface area (Å²) >= 11 is 1.52. The van der Waals surface area contributed by atoms with Crippen LogP contribution >= 0.6 is 11.8 Å². The maximum Gasteiger partial charge on any atom is 0.327 e. The number of carboxylic acids is 1. The van der Waals surface area contributed by atoms with E-state index in [1.807, 2.05) is 13.8 Å². The standard InChI is InChI=1S/C13H20N4O3S/c1-8(2)11-17(10(6-21-11)12(18)19)13(20)15-4-3-9-5-14-7-16-9/h5,7-8,10-11H,3-4,6H2,1-2H3,(H,14,16)(H,15,20)(H,18,19). The number of nitrogens with zero attached hydrogens (tertiary/aromatic N) is 2. The number of aliphatic carboxylic acids is 1. The van der Waals surface area contributed by atoms with Crippen molar-refractivity contribution in [2.75, 3.05) is 12.3 Å². The lowest BCUT2D eigenvalue weighted by atomic mass is 10.2. The molecular weight excluding hydrogens is 292 g/mol. The zero-order valence-corrected chi connectivity index (χ0v) is 12.9. The highest BCUT2D eigenvalue weighted by molar-refractivity contribution is 8.00. The molecule has 0 aromatic carbocycles. The third-order valence-corrected chi connectivity index (χ3v) is 4.97. The van der Waals surface area contributed by atoms with Gasteiger partial charge in [-0.3, -0.25) is 4.90 Å². The number of thioether (sulfide) groups is 1. The average molecular weight is 312 g/mol. The normalized spacial score (nSPS) is 21.8. The minimum Gasteiger partial charge on any atom is -0.480 e. The molecule has 0 radical (unpaired) electrons. The van der Waals surface area contributed by atoms with Gasteiger partial charge in [0, 0.05) is 30.6 Å². The molecule has 2 heterocycles. The van der Waals surface area contributed by atoms with Crippen molar-refractivity contribution in [3.8, 4) is 0 Å². The Bertz CT molecular complexity index is 492. The van der Waals surface area contributed by atoms with Crippen LogP contribution in [-0.2, 0) is 11.2 Å². The summed E-state index contributed by atoms with van der Waals surface area (Å²) in [6, 6.07) is -1.07. The van der Waals surface area contributed by atoms with Crippen molar-refractivity contribution in [3.05, 3.63) is 18.2 Å². The van der Waals surface area contributed by atoms with Gasteiger partial charge in [0.15, 0.2) is 0 Å². The largest absolute Gasteiger partial charge is 0.480 e. The molecule has 116 valence electrons. The quantitative estimate of drug-likeness (QED) is 0.757. The van der Waals surface area contributed by atoms with Crippen LogP contribution in [0.15, 0.2) is 12.5 Å². The van der Waals surface area contributed by atoms with E-state index in [9.17, 15) is 14.7 Å². The average Bonchev–Trinajstić information content (AvgIpc) is 3.07. The van der Waals surface area contributed by atoms with Gasteiger partial charge in [-0.25, -0.2) is 14.6 Å². The Labute approximate surface area is 127 Å². The summed E-state index contributed by atoms with van der Waals surface area (Å²) in [7, 11) is 0. The molecule has 1 saturated heterocycles. The number of carbonyl (C=O) groups excluding carboxylic acids is 1. The summed E-state index contributed by atoms with van der Waals surface area (Å²) in [6.07, 6.45) is 3.93. The van der Waals surface area contributed by atoms with Crippen molar-refractivity contribution in [2.24, 2.45) is 5.92 Å². The summed E-state index contributed by atoms with van der Waals surface area (Å²) in [5, 5.41) is 12.0. The Kier molecular flexibility index (Phi) is 5.11. The van der Waals surface area contributed by atoms with E-state index in [4.69, 9.17) is 0 Å². The molecule has 2 rings (SSSR count). The molecule has 1 aromatic heterocycles. The third kappa shape index (κ3) is 3.69. The zero-order chi connectivity index (χ0) is 15.4. The van der Waals surface area contributed by atoms with E-state index in [-0.39, 0.29) is 17.3 Å². The van der Waals surface area contributed by atoms with Crippen LogP contribution in [-0.4, -0.2) is 55.7 Å². The number of aromatic nitrogens is 2. The Morgan fingerprint density at radius 2 is 2.38 bits per heavy atom. The highest BCUT2D eigenvalue weighted by atomic mass is 32.2. The van der Waals surface area contributed by atoms with E-state index in [0.29, 0.717) is 18.7 Å². The summed E-state index contributed by atoms with van der Waals surface area (Å²) in [5.41, 5.74) is 0.932. The van der Waals surface area contributed by atoms with Crippen LogP contribution in [0.4, 0.5) is 4.79 Å². The number of carboxylic acid groups (broad SMARTS) is 1. The molecule has 1 fully saturated rings. The second kappa shape index (κ2) is 6.84. The zero-order valence-electron chi connectivity index (χ0n) is 12.1. The predicted octanol–water partition coefficient (Wildman–Crippen LogP) is 1.15. The molecule has 0 aliphatic carbocycles. The van der Waals surface area contributed by atoms with E-state index in [1.54, 1.807) is 12.5 Å². The van der Waals surface area contributed by atoms with Gasteiger partial charge in [-0.15, -0.1) is 11.8 Å². The lowest BCUT2D eigenvalue weighted by Crippen LogP contribution is -2.51. The number of urea groups is 1. The number of H-pyrrole nitrogens is 1. The van der Waals surface area contributed by atoms with Gasteiger partial charge in [0.05, 0.1) is 11.7 Å². The van der Waals surface area contributed by atoms with Crippen LogP contribution in [0.25, 0.3) is 0 Å². The fourth-order valence-corrected chi connectivity index (χ4v) is 3.78. The maximum absolute atomic E-state index is 12.3. The number of carbonyl (C=O) groups is 2. The molecule has 2 amide bonds. The summed E-state index contributed by atoms with van der Waals surface area (Å²) in [6.45, 7) is 4.43. The van der Waals surface area contributed by atoms with E-state index >= 15 is 0 Å². The van der Waals surface area contributed by atoms with Crippen molar-refractivity contribution in [1.82, 2.24) is 20.2 Å². The van der Waals surface area contributed by atoms with Crippen LogP contribution in [0.1, 0.15) is 19.5 Å². The van der Waals surface area contributed by atoms with Crippen LogP contribution in [0.3, 0.4) is 0 Å². The molecule has 1 aliphatic heterocycles. The monoisotopic (exact) mass is 312 g/mol. The molecule has 1 aromatic rings. The molecule has 2 atom stereocenters. The lowest BCUT2D eigenvalue weighted by molar-refractivity contribution is -0.141. The van der Waals surface area contributed by atoms with Gasteiger partial charge in [-0.2, -0.15) is 0 Å². The Balaban J connectivity index is 1.94. The first-order valence-electron chi connectivity index (χ1n) is 6.88. The molecule has 0 bridgehead atoms. The van der Waals surface area contributed by atoms with E-state index in [1.165, 1.54) is 16.7 Å². The van der Waals surface area contributed by atoms with Gasteiger partial charge in [-0.1, -0.05) is 13.8 Å². The van der Waals surface area contributed by atoms with Gasteiger partial charge in [0.25, 0.3) is 0 Å². The molecule has 7 nitrogen and oxygen atoms in total. The highest BCUT2D eigenvalue weighted by Gasteiger charge is 2.42. The molecule has 0 spiro atoms. The number of hydrogen-bond donors (Lipinski definition) is 3. The summed E-state index contributed by atoms with van der Waals surface area (Å²) in [5.74, 6) is -0.307. The molecular formula is C13H20N4O3S. The van der Waals surface area contributed by atoms with Crippen molar-refractivity contribution in [2.45, 2.75) is 31.7 Å². The summed E-state index contributed by atoms with van der Waals surface area (Å²) < 4.78 is 0. The Morgan fingerprint density at radius 3 is 2.95 bits per heavy atom. The number of rotatable bonds is 5. The fourth-order valence-electron chi connectivity index (χ4n) is 2.31.